The molecule has 0 saturated carbocycles. The Hall–Kier alpha value is -1.92. The van der Waals surface area contributed by atoms with Gasteiger partial charge in [0.1, 0.15) is 6.54 Å². The molecule has 0 aliphatic carbocycles. The van der Waals surface area contributed by atoms with Crippen molar-refractivity contribution in [3.05, 3.63) is 52.1 Å². The number of aryl methyl sites for hydroxylation is 1. The second-order valence-corrected chi connectivity index (χ2v) is 4.98. The molecule has 0 bridgehead atoms. The number of nitrogens with zero attached hydrogens (tertiary/aromatic N) is 1. The van der Waals surface area contributed by atoms with Crippen molar-refractivity contribution in [1.82, 2.24) is 14.9 Å². The first-order valence-corrected chi connectivity index (χ1v) is 6.71. The molecule has 1 aromatic heterocycles. The van der Waals surface area contributed by atoms with Crippen molar-refractivity contribution in [3.8, 4) is 0 Å². The van der Waals surface area contributed by atoms with E-state index in [-0.39, 0.29) is 19.1 Å². The minimum Gasteiger partial charge on any atom is -0.390 e. The number of hydrogen-bond donors (Lipinski definition) is 3. The van der Waals surface area contributed by atoms with Gasteiger partial charge < -0.3 is 20.0 Å². The summed E-state index contributed by atoms with van der Waals surface area (Å²) in [5, 5.41) is 12.0. The molecule has 0 radical (unpaired) electrons. The van der Waals surface area contributed by atoms with Gasteiger partial charge in [0.15, 0.2) is 4.77 Å². The number of H-pyrrole nitrogens is 1. The van der Waals surface area contributed by atoms with Crippen LogP contribution in [-0.2, 0) is 24.5 Å². The number of hydrogen-bond acceptors (Lipinski definition) is 3. The van der Waals surface area contributed by atoms with Gasteiger partial charge in [0, 0.05) is 12.7 Å². The van der Waals surface area contributed by atoms with Crippen molar-refractivity contribution < 1.29 is 9.90 Å². The number of aliphatic hydroxyl groups is 1. The van der Waals surface area contributed by atoms with E-state index >= 15 is 0 Å². The van der Waals surface area contributed by atoms with Gasteiger partial charge in [-0.15, -0.1) is 0 Å². The lowest BCUT2D eigenvalue weighted by atomic mass is 10.1. The molecule has 0 atom stereocenters. The molecular formula is C14H17N3O2S. The number of aromatic amines is 1. The maximum atomic E-state index is 11.9. The zero-order valence-corrected chi connectivity index (χ0v) is 12.0. The van der Waals surface area contributed by atoms with Gasteiger partial charge in [0.2, 0.25) is 5.91 Å². The van der Waals surface area contributed by atoms with Crippen molar-refractivity contribution in [2.24, 2.45) is 0 Å². The molecule has 0 saturated heterocycles. The van der Waals surface area contributed by atoms with E-state index in [0.717, 1.165) is 5.56 Å². The van der Waals surface area contributed by atoms with E-state index in [1.807, 2.05) is 31.2 Å². The number of amides is 1. The zero-order chi connectivity index (χ0) is 14.5. The second kappa shape index (κ2) is 6.49. The van der Waals surface area contributed by atoms with Crippen LogP contribution in [0.4, 0.5) is 0 Å². The Labute approximate surface area is 122 Å². The molecule has 106 valence electrons. The van der Waals surface area contributed by atoms with Gasteiger partial charge >= 0.3 is 0 Å². The van der Waals surface area contributed by atoms with Crippen molar-refractivity contribution in [2.75, 3.05) is 0 Å². The summed E-state index contributed by atoms with van der Waals surface area (Å²) in [6.45, 7) is 2.44. The SMILES string of the molecule is Cc1ccc(CNC(=O)Cn2c(CO)c[nH]c2=S)cc1. The zero-order valence-electron chi connectivity index (χ0n) is 11.2. The highest BCUT2D eigenvalue weighted by atomic mass is 32.1. The Morgan fingerprint density at radius 2 is 2.10 bits per heavy atom. The molecule has 0 unspecified atom stereocenters. The number of imidazole rings is 1. The maximum absolute atomic E-state index is 11.9. The molecule has 1 amide bonds. The lowest BCUT2D eigenvalue weighted by molar-refractivity contribution is -0.121. The van der Waals surface area contributed by atoms with E-state index in [1.54, 1.807) is 10.8 Å². The smallest absolute Gasteiger partial charge is 0.240 e. The summed E-state index contributed by atoms with van der Waals surface area (Å²) < 4.78 is 2.01. The van der Waals surface area contributed by atoms with Crippen LogP contribution in [0.25, 0.3) is 0 Å². The first kappa shape index (κ1) is 14.5. The summed E-state index contributed by atoms with van der Waals surface area (Å²) >= 11 is 5.07. The number of aliphatic hydroxyl groups excluding tert-OH is 1. The molecule has 20 heavy (non-hydrogen) atoms. The number of benzene rings is 1. The second-order valence-electron chi connectivity index (χ2n) is 4.59. The van der Waals surface area contributed by atoms with Gasteiger partial charge in [-0.1, -0.05) is 29.8 Å². The fraction of sp³-hybridized carbons (Fsp3) is 0.286. The standard InChI is InChI=1S/C14H17N3O2S/c1-10-2-4-11(5-3-10)6-15-13(19)8-17-12(9-18)7-16-14(17)20/h2-5,7,18H,6,8-9H2,1H3,(H,15,19)(H,16,20). The monoisotopic (exact) mass is 291 g/mol. The molecule has 2 aromatic rings. The third-order valence-electron chi connectivity index (χ3n) is 3.03. The Bertz CT molecular complexity index is 643. The average Bonchev–Trinajstić information content (AvgIpc) is 2.79. The summed E-state index contributed by atoms with van der Waals surface area (Å²) in [7, 11) is 0. The predicted octanol–water partition coefficient (Wildman–Crippen LogP) is 1.66. The maximum Gasteiger partial charge on any atom is 0.240 e. The van der Waals surface area contributed by atoms with E-state index < -0.39 is 0 Å². The molecule has 6 heteroatoms. The van der Waals surface area contributed by atoms with Crippen molar-refractivity contribution in [2.45, 2.75) is 26.6 Å². The van der Waals surface area contributed by atoms with Gasteiger partial charge in [-0.05, 0) is 24.7 Å². The van der Waals surface area contributed by atoms with Gasteiger partial charge in [-0.3, -0.25) is 4.79 Å². The highest BCUT2D eigenvalue weighted by Gasteiger charge is 2.08. The summed E-state index contributed by atoms with van der Waals surface area (Å²) in [6.07, 6.45) is 1.61. The number of nitrogens with one attached hydrogen (secondary N) is 2. The van der Waals surface area contributed by atoms with Crippen molar-refractivity contribution in [3.63, 3.8) is 0 Å². The van der Waals surface area contributed by atoms with E-state index in [2.05, 4.69) is 10.3 Å². The largest absolute Gasteiger partial charge is 0.390 e. The number of carbonyl (C=O) groups is 1. The number of carbonyl (C=O) groups excluding carboxylic acids is 1. The van der Waals surface area contributed by atoms with E-state index in [1.165, 1.54) is 5.56 Å². The van der Waals surface area contributed by atoms with Crippen LogP contribution in [0.2, 0.25) is 0 Å². The Kier molecular flexibility index (Phi) is 4.70. The van der Waals surface area contributed by atoms with Gasteiger partial charge in [0.05, 0.1) is 12.3 Å². The molecular weight excluding hydrogens is 274 g/mol. The summed E-state index contributed by atoms with van der Waals surface area (Å²) in [5.41, 5.74) is 2.83. The molecule has 5 nitrogen and oxygen atoms in total. The molecule has 1 aromatic carbocycles. The topological polar surface area (TPSA) is 70.1 Å². The third kappa shape index (κ3) is 3.55. The Balaban J connectivity index is 1.94. The van der Waals surface area contributed by atoms with E-state index in [9.17, 15) is 4.79 Å². The van der Waals surface area contributed by atoms with E-state index in [0.29, 0.717) is 17.0 Å². The normalized spacial score (nSPS) is 10.5. The number of rotatable bonds is 5. The molecule has 0 aliphatic heterocycles. The molecule has 3 N–H and O–H groups in total. The van der Waals surface area contributed by atoms with Crippen LogP contribution in [0.3, 0.4) is 0 Å². The molecule has 0 fully saturated rings. The summed E-state index contributed by atoms with van der Waals surface area (Å²) in [6, 6.07) is 7.98. The van der Waals surface area contributed by atoms with Crippen LogP contribution in [0.15, 0.2) is 30.5 Å². The number of aromatic nitrogens is 2. The van der Waals surface area contributed by atoms with Crippen molar-refractivity contribution >= 4 is 18.1 Å². The van der Waals surface area contributed by atoms with Crippen LogP contribution in [0.1, 0.15) is 16.8 Å². The third-order valence-corrected chi connectivity index (χ3v) is 3.37. The van der Waals surface area contributed by atoms with Gasteiger partial charge in [0.25, 0.3) is 0 Å². The quantitative estimate of drug-likeness (QED) is 0.734. The Morgan fingerprint density at radius 1 is 1.40 bits per heavy atom. The van der Waals surface area contributed by atoms with Crippen LogP contribution >= 0.6 is 12.2 Å². The fourth-order valence-corrected chi connectivity index (χ4v) is 2.08. The Morgan fingerprint density at radius 3 is 2.75 bits per heavy atom. The van der Waals surface area contributed by atoms with Gasteiger partial charge in [-0.25, -0.2) is 0 Å². The van der Waals surface area contributed by atoms with Gasteiger partial charge in [-0.2, -0.15) is 0 Å². The van der Waals surface area contributed by atoms with Crippen LogP contribution in [-0.4, -0.2) is 20.6 Å². The molecule has 2 rings (SSSR count). The van der Waals surface area contributed by atoms with Crippen molar-refractivity contribution in [1.29, 1.82) is 0 Å². The fourth-order valence-electron chi connectivity index (χ4n) is 1.84. The molecule has 0 aliphatic rings. The highest BCUT2D eigenvalue weighted by Crippen LogP contribution is 2.04. The predicted molar refractivity (Wildman–Crippen MR) is 78.6 cm³/mol. The first-order chi connectivity index (χ1) is 9.60. The minimum atomic E-state index is -0.154. The average molecular weight is 291 g/mol. The first-order valence-electron chi connectivity index (χ1n) is 6.30. The molecule has 1 heterocycles. The summed E-state index contributed by atoms with van der Waals surface area (Å²) in [5.74, 6) is -0.143. The highest BCUT2D eigenvalue weighted by molar-refractivity contribution is 7.71. The van der Waals surface area contributed by atoms with Crippen LogP contribution < -0.4 is 5.32 Å². The van der Waals surface area contributed by atoms with Crippen LogP contribution in [0.5, 0.6) is 0 Å². The lowest BCUT2D eigenvalue weighted by Gasteiger charge is -2.08. The summed E-state index contributed by atoms with van der Waals surface area (Å²) in [4.78, 5) is 14.7. The van der Waals surface area contributed by atoms with Crippen LogP contribution in [0, 0.1) is 11.7 Å². The van der Waals surface area contributed by atoms with E-state index in [4.69, 9.17) is 17.3 Å². The minimum absolute atomic E-state index is 0.101. The lowest BCUT2D eigenvalue weighted by Crippen LogP contribution is -2.27. The molecule has 0 spiro atoms.